The van der Waals surface area contributed by atoms with Crippen molar-refractivity contribution in [2.45, 2.75) is 13.3 Å². The van der Waals surface area contributed by atoms with Gasteiger partial charge in [-0.1, -0.05) is 6.08 Å². The number of allylic oxidation sites excluding steroid dienone is 1. The van der Waals surface area contributed by atoms with Gasteiger partial charge < -0.3 is 4.42 Å². The van der Waals surface area contributed by atoms with Gasteiger partial charge >= 0.3 is 0 Å². The summed E-state index contributed by atoms with van der Waals surface area (Å²) in [7, 11) is 0. The number of carbonyl (C=O) groups excluding carboxylic acids is 1. The lowest BCUT2D eigenvalue weighted by molar-refractivity contribution is -0.113. The number of nitrogens with one attached hydrogen (secondary N) is 1. The molecule has 2 aromatic heterocycles. The Kier molecular flexibility index (Phi) is 3.45. The van der Waals surface area contributed by atoms with E-state index < -0.39 is 0 Å². The number of aromatic nitrogens is 1. The smallest absolute Gasteiger partial charge is 0.272 e. The molecule has 0 saturated carbocycles. The Bertz CT molecular complexity index is 688. The van der Waals surface area contributed by atoms with Crippen LogP contribution in [0.1, 0.15) is 11.5 Å². The first-order valence-corrected chi connectivity index (χ1v) is 7.60. The maximum Gasteiger partial charge on any atom is 0.272 e. The maximum atomic E-state index is 12.3. The number of amidine groups is 1. The summed E-state index contributed by atoms with van der Waals surface area (Å²) in [6, 6.07) is 3.67. The molecule has 1 N–H and O–H groups in total. The summed E-state index contributed by atoms with van der Waals surface area (Å²) in [5.41, 5.74) is 0.851. The van der Waals surface area contributed by atoms with Crippen molar-refractivity contribution in [2.75, 3.05) is 4.90 Å². The predicted molar refractivity (Wildman–Crippen MR) is 80.1 cm³/mol. The van der Waals surface area contributed by atoms with E-state index in [9.17, 15) is 4.79 Å². The van der Waals surface area contributed by atoms with Crippen LogP contribution in [0.15, 0.2) is 39.2 Å². The fourth-order valence-corrected chi connectivity index (χ4v) is 3.44. The van der Waals surface area contributed by atoms with Crippen molar-refractivity contribution in [2.24, 2.45) is 0 Å². The molecule has 0 aliphatic carbocycles. The second-order valence-electron chi connectivity index (χ2n) is 4.17. The van der Waals surface area contributed by atoms with Crippen LogP contribution < -0.4 is 4.90 Å². The first-order valence-electron chi connectivity index (χ1n) is 5.90. The van der Waals surface area contributed by atoms with Gasteiger partial charge in [-0.2, -0.15) is 0 Å². The number of thiazole rings is 1. The third-order valence-electron chi connectivity index (χ3n) is 2.69. The number of amides is 1. The number of hydrogen-bond donors (Lipinski definition) is 1. The largest absolute Gasteiger partial charge is 0.469 e. The maximum absolute atomic E-state index is 12.3. The molecule has 0 radical (unpaired) electrons. The minimum atomic E-state index is -0.194. The van der Waals surface area contributed by atoms with Gasteiger partial charge in [-0.15, -0.1) is 11.3 Å². The van der Waals surface area contributed by atoms with Gasteiger partial charge in [0.05, 0.1) is 16.9 Å². The Hall–Kier alpha value is -1.86. The van der Waals surface area contributed by atoms with Crippen molar-refractivity contribution in [3.05, 3.63) is 46.2 Å². The molecule has 0 spiro atoms. The molecule has 1 amide bonds. The second kappa shape index (κ2) is 5.26. The SMILES string of the molecule is Cc1csc(N2C(=N)S/C(=C/Cc3ccco3)C2=O)n1. The molecule has 1 aliphatic heterocycles. The molecular weight excluding hydrogens is 294 g/mol. The molecule has 0 aromatic carbocycles. The fraction of sp³-hybridized carbons (Fsp3) is 0.154. The summed E-state index contributed by atoms with van der Waals surface area (Å²) >= 11 is 2.52. The Balaban J connectivity index is 1.81. The third kappa shape index (κ3) is 2.41. The lowest BCUT2D eigenvalue weighted by atomic mass is 10.3. The number of hydrogen-bond acceptors (Lipinski definition) is 6. The molecule has 3 heterocycles. The van der Waals surface area contributed by atoms with Gasteiger partial charge in [0.2, 0.25) is 0 Å². The number of carbonyl (C=O) groups is 1. The first kappa shape index (κ1) is 13.1. The first-order chi connectivity index (χ1) is 9.65. The highest BCUT2D eigenvalue weighted by atomic mass is 32.2. The van der Waals surface area contributed by atoms with Gasteiger partial charge in [0.15, 0.2) is 10.3 Å². The second-order valence-corrected chi connectivity index (χ2v) is 6.04. The zero-order chi connectivity index (χ0) is 14.1. The normalized spacial score (nSPS) is 17.4. The molecule has 0 bridgehead atoms. The molecule has 7 heteroatoms. The van der Waals surface area contributed by atoms with Crippen LogP contribution >= 0.6 is 23.1 Å². The molecule has 1 aliphatic rings. The molecule has 0 atom stereocenters. The molecule has 2 aromatic rings. The molecule has 1 fully saturated rings. The van der Waals surface area contributed by atoms with Crippen LogP contribution in [0, 0.1) is 12.3 Å². The number of aryl methyl sites for hydroxylation is 1. The van der Waals surface area contributed by atoms with Gasteiger partial charge in [0.1, 0.15) is 5.76 Å². The lowest BCUT2D eigenvalue weighted by Crippen LogP contribution is -2.28. The van der Waals surface area contributed by atoms with Crippen LogP contribution in [0.2, 0.25) is 0 Å². The number of thioether (sulfide) groups is 1. The summed E-state index contributed by atoms with van der Waals surface area (Å²) in [4.78, 5) is 18.5. The Morgan fingerprint density at radius 1 is 1.55 bits per heavy atom. The average Bonchev–Trinajstić information content (AvgIpc) is 3.10. The van der Waals surface area contributed by atoms with E-state index in [-0.39, 0.29) is 11.1 Å². The van der Waals surface area contributed by atoms with E-state index in [4.69, 9.17) is 9.83 Å². The average molecular weight is 305 g/mol. The van der Waals surface area contributed by atoms with Crippen molar-refractivity contribution in [3.63, 3.8) is 0 Å². The topological polar surface area (TPSA) is 70.2 Å². The summed E-state index contributed by atoms with van der Waals surface area (Å²) in [5, 5.41) is 10.5. The number of furan rings is 1. The summed E-state index contributed by atoms with van der Waals surface area (Å²) in [6.45, 7) is 1.87. The van der Waals surface area contributed by atoms with Gasteiger partial charge in [0, 0.05) is 11.8 Å². The van der Waals surface area contributed by atoms with Gasteiger partial charge in [-0.25, -0.2) is 9.88 Å². The van der Waals surface area contributed by atoms with Crippen LogP contribution in [-0.2, 0) is 11.2 Å². The highest BCUT2D eigenvalue weighted by Gasteiger charge is 2.35. The van der Waals surface area contributed by atoms with E-state index in [0.717, 1.165) is 23.2 Å². The van der Waals surface area contributed by atoms with Crippen molar-refractivity contribution < 1.29 is 9.21 Å². The summed E-state index contributed by atoms with van der Waals surface area (Å²) in [5.74, 6) is 0.599. The zero-order valence-electron chi connectivity index (χ0n) is 10.6. The van der Waals surface area contributed by atoms with Crippen LogP contribution in [0.25, 0.3) is 0 Å². The van der Waals surface area contributed by atoms with Gasteiger partial charge in [0.25, 0.3) is 5.91 Å². The fourth-order valence-electron chi connectivity index (χ4n) is 1.76. The van der Waals surface area contributed by atoms with E-state index in [2.05, 4.69) is 4.98 Å². The number of nitrogens with zero attached hydrogens (tertiary/aromatic N) is 2. The minimum Gasteiger partial charge on any atom is -0.469 e. The van der Waals surface area contributed by atoms with Crippen molar-refractivity contribution in [1.82, 2.24) is 4.98 Å². The van der Waals surface area contributed by atoms with E-state index in [1.165, 1.54) is 16.2 Å². The minimum absolute atomic E-state index is 0.190. The molecule has 3 rings (SSSR count). The highest BCUT2D eigenvalue weighted by Crippen LogP contribution is 2.35. The van der Waals surface area contributed by atoms with Gasteiger partial charge in [-0.3, -0.25) is 10.2 Å². The predicted octanol–water partition coefficient (Wildman–Crippen LogP) is 3.19. The van der Waals surface area contributed by atoms with E-state index in [1.54, 1.807) is 12.3 Å². The molecule has 102 valence electrons. The zero-order valence-corrected chi connectivity index (χ0v) is 12.3. The lowest BCUT2D eigenvalue weighted by Gasteiger charge is -2.09. The number of anilines is 1. The van der Waals surface area contributed by atoms with Crippen LogP contribution in [-0.4, -0.2) is 16.1 Å². The van der Waals surface area contributed by atoms with Crippen molar-refractivity contribution in [3.8, 4) is 0 Å². The van der Waals surface area contributed by atoms with Crippen LogP contribution in [0.3, 0.4) is 0 Å². The monoisotopic (exact) mass is 305 g/mol. The molecule has 20 heavy (non-hydrogen) atoms. The van der Waals surface area contributed by atoms with Crippen LogP contribution in [0.5, 0.6) is 0 Å². The van der Waals surface area contributed by atoms with E-state index >= 15 is 0 Å². The molecule has 0 unspecified atom stereocenters. The standard InChI is InChI=1S/C13H11N3O2S2/c1-8-7-19-13(15-8)16-11(17)10(20-12(16)14)5-4-9-3-2-6-18-9/h2-3,5-7,14H,4H2,1H3/b10-5+,14-12?. The van der Waals surface area contributed by atoms with E-state index in [1.807, 2.05) is 24.4 Å². The third-order valence-corrected chi connectivity index (χ3v) is 4.57. The molecular formula is C13H11N3O2S2. The Morgan fingerprint density at radius 3 is 3.05 bits per heavy atom. The summed E-state index contributed by atoms with van der Waals surface area (Å²) in [6.07, 6.45) is 3.93. The van der Waals surface area contributed by atoms with Gasteiger partial charge in [-0.05, 0) is 30.8 Å². The van der Waals surface area contributed by atoms with Crippen LogP contribution in [0.4, 0.5) is 5.13 Å². The molecule has 5 nitrogen and oxygen atoms in total. The van der Waals surface area contributed by atoms with Crippen molar-refractivity contribution in [1.29, 1.82) is 5.41 Å². The summed E-state index contributed by atoms with van der Waals surface area (Å²) < 4.78 is 5.23. The molecule has 1 saturated heterocycles. The highest BCUT2D eigenvalue weighted by molar-refractivity contribution is 8.19. The van der Waals surface area contributed by atoms with Crippen molar-refractivity contribution >= 4 is 39.3 Å². The Morgan fingerprint density at radius 2 is 2.40 bits per heavy atom. The Labute approximate surface area is 123 Å². The van der Waals surface area contributed by atoms with E-state index in [0.29, 0.717) is 16.5 Å². The quantitative estimate of drug-likeness (QED) is 0.884. The number of rotatable bonds is 3.